The highest BCUT2D eigenvalue weighted by molar-refractivity contribution is 7.11. The molecule has 3 heteroatoms. The van der Waals surface area contributed by atoms with Gasteiger partial charge in [0, 0.05) is 11.3 Å². The molecule has 0 aliphatic carbocycles. The summed E-state index contributed by atoms with van der Waals surface area (Å²) in [5, 5.41) is 4.74. The molecule has 1 aliphatic heterocycles. The smallest absolute Gasteiger partial charge is 0.0975 e. The largest absolute Gasteiger partial charge is 0.317 e. The third kappa shape index (κ3) is 3.53. The van der Waals surface area contributed by atoms with Gasteiger partial charge in [-0.15, -0.1) is 11.3 Å². The Balaban J connectivity index is 1.81. The standard InChI is InChI=1S/C18H24N2S/c1-3-16-18(15-7-9-19-10-8-15)21-17(20-16)12-14-6-4-5-13(2)11-14/h4-6,11,15,19H,3,7-10,12H2,1-2H3. The Morgan fingerprint density at radius 1 is 1.29 bits per heavy atom. The van der Waals surface area contributed by atoms with Gasteiger partial charge in [0.25, 0.3) is 0 Å². The summed E-state index contributed by atoms with van der Waals surface area (Å²) in [4.78, 5) is 6.48. The molecule has 1 N–H and O–H groups in total. The van der Waals surface area contributed by atoms with Gasteiger partial charge in [-0.25, -0.2) is 4.98 Å². The van der Waals surface area contributed by atoms with E-state index in [1.165, 1.54) is 34.7 Å². The van der Waals surface area contributed by atoms with Crippen molar-refractivity contribution in [1.29, 1.82) is 0 Å². The maximum atomic E-state index is 4.93. The summed E-state index contributed by atoms with van der Waals surface area (Å²) >= 11 is 1.95. The van der Waals surface area contributed by atoms with Gasteiger partial charge in [0.2, 0.25) is 0 Å². The van der Waals surface area contributed by atoms with E-state index in [-0.39, 0.29) is 0 Å². The Morgan fingerprint density at radius 3 is 2.81 bits per heavy atom. The fourth-order valence-electron chi connectivity index (χ4n) is 3.14. The van der Waals surface area contributed by atoms with Crippen molar-refractivity contribution in [2.45, 2.75) is 45.4 Å². The number of aryl methyl sites for hydroxylation is 2. The minimum atomic E-state index is 0.727. The number of nitrogens with one attached hydrogen (secondary N) is 1. The molecule has 112 valence electrons. The molecule has 1 aromatic heterocycles. The molecule has 1 aromatic carbocycles. The molecule has 0 unspecified atom stereocenters. The lowest BCUT2D eigenvalue weighted by Crippen LogP contribution is -2.26. The number of aromatic nitrogens is 1. The van der Waals surface area contributed by atoms with Gasteiger partial charge >= 0.3 is 0 Å². The zero-order valence-electron chi connectivity index (χ0n) is 13.0. The van der Waals surface area contributed by atoms with E-state index in [1.54, 1.807) is 4.88 Å². The van der Waals surface area contributed by atoms with E-state index in [4.69, 9.17) is 4.98 Å². The lowest BCUT2D eigenvalue weighted by Gasteiger charge is -2.22. The zero-order chi connectivity index (χ0) is 14.7. The van der Waals surface area contributed by atoms with Crippen LogP contribution in [-0.4, -0.2) is 18.1 Å². The van der Waals surface area contributed by atoms with Crippen molar-refractivity contribution in [1.82, 2.24) is 10.3 Å². The van der Waals surface area contributed by atoms with Crippen molar-refractivity contribution in [2.24, 2.45) is 0 Å². The summed E-state index contributed by atoms with van der Waals surface area (Å²) in [5.74, 6) is 0.727. The molecule has 2 aromatic rings. The van der Waals surface area contributed by atoms with Crippen molar-refractivity contribution >= 4 is 11.3 Å². The van der Waals surface area contributed by atoms with Crippen LogP contribution in [0.4, 0.5) is 0 Å². The van der Waals surface area contributed by atoms with Crippen LogP contribution < -0.4 is 5.32 Å². The minimum Gasteiger partial charge on any atom is -0.317 e. The summed E-state index contributed by atoms with van der Waals surface area (Å²) < 4.78 is 0. The second kappa shape index (κ2) is 6.71. The molecule has 2 heterocycles. The lowest BCUT2D eigenvalue weighted by molar-refractivity contribution is 0.463. The summed E-state index contributed by atoms with van der Waals surface area (Å²) in [5.41, 5.74) is 4.05. The Hall–Kier alpha value is -1.19. The molecule has 0 spiro atoms. The zero-order valence-corrected chi connectivity index (χ0v) is 13.8. The summed E-state index contributed by atoms with van der Waals surface area (Å²) in [6, 6.07) is 8.79. The third-order valence-corrected chi connectivity index (χ3v) is 5.51. The van der Waals surface area contributed by atoms with Gasteiger partial charge in [-0.05, 0) is 50.8 Å². The molecule has 1 saturated heterocycles. The Morgan fingerprint density at radius 2 is 2.10 bits per heavy atom. The molecule has 1 aliphatic rings. The van der Waals surface area contributed by atoms with Crippen LogP contribution >= 0.6 is 11.3 Å². The quantitative estimate of drug-likeness (QED) is 0.920. The lowest BCUT2D eigenvalue weighted by atomic mass is 9.95. The van der Waals surface area contributed by atoms with Crippen molar-refractivity contribution < 1.29 is 0 Å². The van der Waals surface area contributed by atoms with Crippen molar-refractivity contribution in [3.8, 4) is 0 Å². The molecule has 0 amide bonds. The second-order valence-electron chi connectivity index (χ2n) is 5.96. The predicted molar refractivity (Wildman–Crippen MR) is 90.3 cm³/mol. The molecule has 21 heavy (non-hydrogen) atoms. The third-order valence-electron chi connectivity index (χ3n) is 4.25. The Labute approximate surface area is 131 Å². The van der Waals surface area contributed by atoms with E-state index in [1.807, 2.05) is 11.3 Å². The first-order chi connectivity index (χ1) is 10.3. The molecule has 2 nitrogen and oxygen atoms in total. The van der Waals surface area contributed by atoms with Crippen LogP contribution in [0.25, 0.3) is 0 Å². The first-order valence-electron chi connectivity index (χ1n) is 8.01. The summed E-state index contributed by atoms with van der Waals surface area (Å²) in [7, 11) is 0. The van der Waals surface area contributed by atoms with E-state index in [0.29, 0.717) is 0 Å². The molecule has 0 atom stereocenters. The van der Waals surface area contributed by atoms with Crippen LogP contribution in [0.1, 0.15) is 52.4 Å². The van der Waals surface area contributed by atoms with Gasteiger partial charge in [-0.1, -0.05) is 36.8 Å². The molecule has 0 bridgehead atoms. The predicted octanol–water partition coefficient (Wildman–Crippen LogP) is 4.07. The highest BCUT2D eigenvalue weighted by Gasteiger charge is 2.21. The summed E-state index contributed by atoms with van der Waals surface area (Å²) in [6.45, 7) is 6.69. The molecular weight excluding hydrogens is 276 g/mol. The van der Waals surface area contributed by atoms with Crippen LogP contribution in [-0.2, 0) is 12.8 Å². The maximum Gasteiger partial charge on any atom is 0.0975 e. The summed E-state index contributed by atoms with van der Waals surface area (Å²) in [6.07, 6.45) is 4.56. The van der Waals surface area contributed by atoms with E-state index in [2.05, 4.69) is 43.4 Å². The molecule has 3 rings (SSSR count). The molecule has 0 radical (unpaired) electrons. The Kier molecular flexibility index (Phi) is 4.71. The van der Waals surface area contributed by atoms with Gasteiger partial charge in [0.05, 0.1) is 10.7 Å². The topological polar surface area (TPSA) is 24.9 Å². The highest BCUT2D eigenvalue weighted by atomic mass is 32.1. The van der Waals surface area contributed by atoms with E-state index < -0.39 is 0 Å². The van der Waals surface area contributed by atoms with Gasteiger partial charge in [-0.2, -0.15) is 0 Å². The van der Waals surface area contributed by atoms with Gasteiger partial charge in [-0.3, -0.25) is 0 Å². The van der Waals surface area contributed by atoms with E-state index in [0.717, 1.165) is 31.8 Å². The van der Waals surface area contributed by atoms with Crippen LogP contribution in [0.3, 0.4) is 0 Å². The average Bonchev–Trinajstić information content (AvgIpc) is 2.91. The van der Waals surface area contributed by atoms with Crippen molar-refractivity contribution in [3.05, 3.63) is 51.0 Å². The number of thiazole rings is 1. The van der Waals surface area contributed by atoms with Crippen LogP contribution in [0.5, 0.6) is 0 Å². The van der Waals surface area contributed by atoms with Crippen molar-refractivity contribution in [3.63, 3.8) is 0 Å². The maximum absolute atomic E-state index is 4.93. The average molecular weight is 300 g/mol. The first kappa shape index (κ1) is 14.7. The number of hydrogen-bond acceptors (Lipinski definition) is 3. The van der Waals surface area contributed by atoms with Crippen LogP contribution in [0.15, 0.2) is 24.3 Å². The number of nitrogens with zero attached hydrogens (tertiary/aromatic N) is 1. The van der Waals surface area contributed by atoms with Crippen LogP contribution in [0, 0.1) is 6.92 Å². The normalized spacial score (nSPS) is 16.3. The Bertz CT molecular complexity index is 597. The fourth-order valence-corrected chi connectivity index (χ4v) is 4.50. The molecule has 0 saturated carbocycles. The highest BCUT2D eigenvalue weighted by Crippen LogP contribution is 2.34. The van der Waals surface area contributed by atoms with E-state index in [9.17, 15) is 0 Å². The van der Waals surface area contributed by atoms with Crippen LogP contribution in [0.2, 0.25) is 0 Å². The monoisotopic (exact) mass is 300 g/mol. The molecular formula is C18H24N2S. The van der Waals surface area contributed by atoms with Crippen molar-refractivity contribution in [2.75, 3.05) is 13.1 Å². The second-order valence-corrected chi connectivity index (χ2v) is 7.08. The SMILES string of the molecule is CCc1nc(Cc2cccc(C)c2)sc1C1CCNCC1. The van der Waals surface area contributed by atoms with Gasteiger partial charge in [0.1, 0.15) is 0 Å². The van der Waals surface area contributed by atoms with Gasteiger partial charge in [0.15, 0.2) is 0 Å². The number of piperidine rings is 1. The van der Waals surface area contributed by atoms with E-state index >= 15 is 0 Å². The fraction of sp³-hybridized carbons (Fsp3) is 0.500. The number of benzene rings is 1. The van der Waals surface area contributed by atoms with Gasteiger partial charge < -0.3 is 5.32 Å². The number of hydrogen-bond donors (Lipinski definition) is 1. The number of rotatable bonds is 4. The first-order valence-corrected chi connectivity index (χ1v) is 8.82. The minimum absolute atomic E-state index is 0.727. The molecule has 1 fully saturated rings.